The number of imide groups is 1. The number of nitrogens with zero attached hydrogens (tertiary/aromatic N) is 6. The molecule has 0 bridgehead atoms. The fourth-order valence-electron chi connectivity index (χ4n) is 9.60. The number of halogens is 1. The molecule has 2 N–H and O–H groups in total. The molecule has 0 radical (unpaired) electrons. The molecule has 1 aromatic carbocycles. The molecular weight excluding hydrogens is 728 g/mol. The van der Waals surface area contributed by atoms with E-state index in [1.54, 1.807) is 29.1 Å². The smallest absolute Gasteiger partial charge is 0.274 e. The molecule has 4 aromatic rings. The number of nitrogens with one attached hydrogen (secondary N) is 2. The molecule has 3 amide bonds. The van der Waals surface area contributed by atoms with E-state index >= 15 is 4.39 Å². The Kier molecular flexibility index (Phi) is 9.86. The fourth-order valence-corrected chi connectivity index (χ4v) is 9.60. The van der Waals surface area contributed by atoms with Gasteiger partial charge in [0.1, 0.15) is 11.4 Å². The Bertz CT molecular complexity index is 2260. The highest BCUT2D eigenvalue weighted by Gasteiger charge is 2.46. The summed E-state index contributed by atoms with van der Waals surface area (Å²) in [4.78, 5) is 59.5. The standard InChI is InChI=1S/C43H51FN8O5/c1-26(2)57-37-20-36-29(18-33(37)41(55)46-35-4-3-15-51(42(35)56)30-9-10-30)23-52(48-36)31-7-5-27(6-8-31)22-49-24-43(25-49)13-16-50(17-14-43)39-34(44)19-28(21-45-39)32-11-12-38(53)47-40(32)54/h3-4,15,18-21,23,26-27,30-32H,5-14,16-17,22,24-25H2,1-2H3,(H,46,55)(H,47,53,54). The van der Waals surface area contributed by atoms with Crippen molar-refractivity contribution in [3.05, 3.63) is 76.2 Å². The Balaban J connectivity index is 0.773. The van der Waals surface area contributed by atoms with Gasteiger partial charge in [0.05, 0.1) is 29.1 Å². The Labute approximate surface area is 330 Å². The molecule has 1 spiro atoms. The van der Waals surface area contributed by atoms with Crippen LogP contribution in [-0.4, -0.2) is 80.8 Å². The number of amides is 3. The highest BCUT2D eigenvalue weighted by Crippen LogP contribution is 2.43. The zero-order valence-corrected chi connectivity index (χ0v) is 32.7. The number of hydrogen-bond acceptors (Lipinski definition) is 9. The van der Waals surface area contributed by atoms with Gasteiger partial charge in [0.2, 0.25) is 11.8 Å². The lowest BCUT2D eigenvalue weighted by Gasteiger charge is -2.55. The maximum absolute atomic E-state index is 15.3. The molecule has 57 heavy (non-hydrogen) atoms. The van der Waals surface area contributed by atoms with E-state index in [1.165, 1.54) is 6.07 Å². The van der Waals surface area contributed by atoms with E-state index in [1.807, 2.05) is 37.1 Å². The highest BCUT2D eigenvalue weighted by atomic mass is 19.1. The third kappa shape index (κ3) is 7.68. The van der Waals surface area contributed by atoms with Crippen LogP contribution in [-0.2, 0) is 9.59 Å². The van der Waals surface area contributed by atoms with Crippen molar-refractivity contribution in [3.8, 4) is 5.75 Å². The van der Waals surface area contributed by atoms with Crippen LogP contribution in [0.4, 0.5) is 15.9 Å². The molecule has 3 aliphatic heterocycles. The van der Waals surface area contributed by atoms with Crippen LogP contribution >= 0.6 is 0 Å². The molecule has 13 nitrogen and oxygen atoms in total. The molecule has 3 saturated heterocycles. The molecular formula is C43H51FN8O5. The van der Waals surface area contributed by atoms with Gasteiger partial charge >= 0.3 is 0 Å². The largest absolute Gasteiger partial charge is 0.490 e. The fraction of sp³-hybridized carbons (Fsp3) is 0.535. The van der Waals surface area contributed by atoms with E-state index < -0.39 is 11.7 Å². The van der Waals surface area contributed by atoms with Crippen molar-refractivity contribution in [1.29, 1.82) is 0 Å². The molecule has 14 heteroatoms. The monoisotopic (exact) mass is 778 g/mol. The van der Waals surface area contributed by atoms with Crippen LogP contribution in [0.25, 0.3) is 10.9 Å². The SMILES string of the molecule is CC(C)Oc1cc2nn(C3CCC(CN4CC5(CCN(c6ncc(C7CCC(=O)NC7=O)cc6F)CC5)C4)CC3)cc2cc1C(=O)Nc1cccn(C2CC2)c1=O. The normalized spacial score (nSPS) is 23.8. The topological polar surface area (TPSA) is 144 Å². The molecule has 9 rings (SSSR count). The van der Waals surface area contributed by atoms with E-state index in [0.717, 1.165) is 95.0 Å². The molecule has 2 saturated carbocycles. The van der Waals surface area contributed by atoms with E-state index in [2.05, 4.69) is 25.2 Å². The molecule has 5 aliphatic rings. The maximum atomic E-state index is 15.3. The summed E-state index contributed by atoms with van der Waals surface area (Å²) >= 11 is 0. The first-order valence-corrected chi connectivity index (χ1v) is 20.7. The number of likely N-dealkylation sites (tertiary alicyclic amines) is 1. The second-order valence-corrected chi connectivity index (χ2v) is 17.4. The van der Waals surface area contributed by atoms with Crippen LogP contribution < -0.4 is 25.8 Å². The second kappa shape index (κ2) is 15.0. The number of carbonyl (C=O) groups is 3. The molecule has 300 valence electrons. The zero-order valence-electron chi connectivity index (χ0n) is 32.7. The highest BCUT2D eigenvalue weighted by molar-refractivity contribution is 6.08. The van der Waals surface area contributed by atoms with Gasteiger partial charge in [-0.2, -0.15) is 5.10 Å². The third-order valence-electron chi connectivity index (χ3n) is 12.8. The minimum absolute atomic E-state index is 0.149. The summed E-state index contributed by atoms with van der Waals surface area (Å²) in [5, 5.41) is 11.0. The summed E-state index contributed by atoms with van der Waals surface area (Å²) < 4.78 is 25.1. The minimum atomic E-state index is -0.547. The average Bonchev–Trinajstić information content (AvgIpc) is 3.93. The van der Waals surface area contributed by atoms with Crippen molar-refractivity contribution < 1.29 is 23.5 Å². The van der Waals surface area contributed by atoms with Crippen LogP contribution in [0.2, 0.25) is 0 Å². The van der Waals surface area contributed by atoms with Gasteiger partial charge in [0.25, 0.3) is 11.5 Å². The molecule has 1 atom stereocenters. The number of hydrogen-bond donors (Lipinski definition) is 2. The zero-order chi connectivity index (χ0) is 39.4. The molecule has 3 aromatic heterocycles. The van der Waals surface area contributed by atoms with Crippen molar-refractivity contribution in [2.24, 2.45) is 11.3 Å². The van der Waals surface area contributed by atoms with E-state index in [0.29, 0.717) is 35.0 Å². The second-order valence-electron chi connectivity index (χ2n) is 17.4. The van der Waals surface area contributed by atoms with Gasteiger partial charge in [0, 0.05) is 75.2 Å². The molecule has 5 fully saturated rings. The van der Waals surface area contributed by atoms with E-state index in [-0.39, 0.29) is 59.0 Å². The van der Waals surface area contributed by atoms with Gasteiger partial charge in [0.15, 0.2) is 11.6 Å². The maximum Gasteiger partial charge on any atom is 0.274 e. The first-order chi connectivity index (χ1) is 27.5. The molecule has 2 aliphatic carbocycles. The summed E-state index contributed by atoms with van der Waals surface area (Å²) in [5.74, 6) is -0.584. The number of fused-ring (bicyclic) bond motifs is 1. The summed E-state index contributed by atoms with van der Waals surface area (Å²) in [6.07, 6.45) is 14.2. The number of aromatic nitrogens is 4. The lowest BCUT2D eigenvalue weighted by molar-refractivity contribution is -0.134. The Morgan fingerprint density at radius 1 is 1.02 bits per heavy atom. The molecule has 1 unspecified atom stereocenters. The van der Waals surface area contributed by atoms with Crippen LogP contribution in [0, 0.1) is 17.2 Å². The van der Waals surface area contributed by atoms with Crippen molar-refractivity contribution in [2.45, 2.75) is 102 Å². The van der Waals surface area contributed by atoms with Gasteiger partial charge in [-0.15, -0.1) is 0 Å². The molecule has 6 heterocycles. The van der Waals surface area contributed by atoms with Crippen molar-refractivity contribution in [1.82, 2.24) is 29.5 Å². The third-order valence-corrected chi connectivity index (χ3v) is 12.8. The van der Waals surface area contributed by atoms with Gasteiger partial charge in [-0.05, 0) is 113 Å². The predicted molar refractivity (Wildman–Crippen MR) is 213 cm³/mol. The first kappa shape index (κ1) is 37.5. The summed E-state index contributed by atoms with van der Waals surface area (Å²) in [6, 6.07) is 9.03. The summed E-state index contributed by atoms with van der Waals surface area (Å²) in [6.45, 7) is 8.61. The van der Waals surface area contributed by atoms with Crippen LogP contribution in [0.1, 0.15) is 112 Å². The quantitative estimate of drug-likeness (QED) is 0.187. The number of anilines is 2. The van der Waals surface area contributed by atoms with Gasteiger partial charge < -0.3 is 24.4 Å². The minimum Gasteiger partial charge on any atom is -0.490 e. The number of pyridine rings is 2. The lowest BCUT2D eigenvalue weighted by Crippen LogP contribution is -2.61. The van der Waals surface area contributed by atoms with Crippen LogP contribution in [0.3, 0.4) is 0 Å². The predicted octanol–water partition coefficient (Wildman–Crippen LogP) is 5.96. The van der Waals surface area contributed by atoms with Crippen molar-refractivity contribution in [3.63, 3.8) is 0 Å². The number of carbonyl (C=O) groups excluding carboxylic acids is 3. The lowest BCUT2D eigenvalue weighted by atomic mass is 9.71. The Morgan fingerprint density at radius 2 is 1.77 bits per heavy atom. The summed E-state index contributed by atoms with van der Waals surface area (Å²) in [7, 11) is 0. The van der Waals surface area contributed by atoms with Gasteiger partial charge in [-0.1, -0.05) is 0 Å². The van der Waals surface area contributed by atoms with E-state index in [9.17, 15) is 19.2 Å². The average molecular weight is 779 g/mol. The van der Waals surface area contributed by atoms with Gasteiger partial charge in [-0.25, -0.2) is 9.37 Å². The van der Waals surface area contributed by atoms with Crippen LogP contribution in [0.15, 0.2) is 53.7 Å². The summed E-state index contributed by atoms with van der Waals surface area (Å²) in [5.41, 5.74) is 2.02. The number of piperidine rings is 2. The Morgan fingerprint density at radius 3 is 2.47 bits per heavy atom. The van der Waals surface area contributed by atoms with Gasteiger partial charge in [-0.3, -0.25) is 29.2 Å². The van der Waals surface area contributed by atoms with Crippen molar-refractivity contribution in [2.75, 3.05) is 42.9 Å². The number of rotatable bonds is 10. The van der Waals surface area contributed by atoms with E-state index in [4.69, 9.17) is 9.84 Å². The first-order valence-electron chi connectivity index (χ1n) is 20.7. The number of benzene rings is 1. The Hall–Kier alpha value is -5.11. The van der Waals surface area contributed by atoms with Crippen LogP contribution in [0.5, 0.6) is 5.75 Å². The van der Waals surface area contributed by atoms with Crippen molar-refractivity contribution >= 4 is 40.1 Å². The number of ether oxygens (including phenoxy) is 1.